The number of aromatic nitrogens is 2. The highest BCUT2D eigenvalue weighted by atomic mass is 32.1. The fourth-order valence-electron chi connectivity index (χ4n) is 2.96. The topological polar surface area (TPSA) is 104 Å². The van der Waals surface area contributed by atoms with Gasteiger partial charge in [0.2, 0.25) is 11.0 Å². The Kier molecular flexibility index (Phi) is 5.56. The number of piperazine rings is 1. The fraction of sp³-hybridized carbons (Fsp3) is 0.263. The number of nitrogens with two attached hydrogens (primary N) is 1. The van der Waals surface area contributed by atoms with Crippen molar-refractivity contribution in [2.45, 2.75) is 0 Å². The molecule has 1 aliphatic rings. The van der Waals surface area contributed by atoms with Gasteiger partial charge in [-0.2, -0.15) is 0 Å². The molecule has 3 N–H and O–H groups in total. The third-order valence-corrected chi connectivity index (χ3v) is 6.63. The van der Waals surface area contributed by atoms with Crippen molar-refractivity contribution in [2.75, 3.05) is 38.5 Å². The highest BCUT2D eigenvalue weighted by Gasteiger charge is 2.20. The Bertz CT molecular complexity index is 1020. The molecule has 0 atom stereocenters. The summed E-state index contributed by atoms with van der Waals surface area (Å²) in [7, 11) is 2.07. The number of hydrogen-bond acceptors (Lipinski definition) is 8. The number of carbonyl (C=O) groups excluding carboxylic acids is 2. The second kappa shape index (κ2) is 8.27. The Morgan fingerprint density at radius 2 is 1.79 bits per heavy atom. The van der Waals surface area contributed by atoms with Crippen molar-refractivity contribution in [1.82, 2.24) is 20.0 Å². The second-order valence-corrected chi connectivity index (χ2v) is 8.66. The molecule has 0 radical (unpaired) electrons. The first-order chi connectivity index (χ1) is 14.0. The van der Waals surface area contributed by atoms with E-state index in [1.807, 2.05) is 29.2 Å². The van der Waals surface area contributed by atoms with Crippen molar-refractivity contribution in [3.63, 3.8) is 0 Å². The zero-order chi connectivity index (χ0) is 20.4. The SMILES string of the molecule is CN1CCN(C(=O)c2ccc(Nc3nnc(-c4cc(C(N)=O)cs4)s3)cc2)CC1. The van der Waals surface area contributed by atoms with Crippen molar-refractivity contribution in [1.29, 1.82) is 0 Å². The van der Waals surface area contributed by atoms with Gasteiger partial charge in [-0.05, 0) is 37.4 Å². The van der Waals surface area contributed by atoms with E-state index in [9.17, 15) is 9.59 Å². The molecule has 1 fully saturated rings. The number of primary amides is 1. The van der Waals surface area contributed by atoms with Crippen LogP contribution in [0.3, 0.4) is 0 Å². The largest absolute Gasteiger partial charge is 0.366 e. The number of anilines is 2. The van der Waals surface area contributed by atoms with Crippen LogP contribution in [0.15, 0.2) is 35.7 Å². The molecule has 1 aliphatic heterocycles. The Hall–Kier alpha value is -2.82. The molecule has 2 amide bonds. The summed E-state index contributed by atoms with van der Waals surface area (Å²) < 4.78 is 0. The van der Waals surface area contributed by atoms with Gasteiger partial charge in [-0.1, -0.05) is 11.3 Å². The van der Waals surface area contributed by atoms with E-state index < -0.39 is 5.91 Å². The molecule has 0 bridgehead atoms. The van der Waals surface area contributed by atoms with E-state index in [2.05, 4.69) is 27.5 Å². The molecule has 150 valence electrons. The van der Waals surface area contributed by atoms with Crippen LogP contribution in [0.4, 0.5) is 10.8 Å². The Morgan fingerprint density at radius 3 is 2.45 bits per heavy atom. The van der Waals surface area contributed by atoms with Crippen molar-refractivity contribution >= 4 is 45.3 Å². The minimum atomic E-state index is -0.457. The zero-order valence-corrected chi connectivity index (χ0v) is 17.4. The van der Waals surface area contributed by atoms with Gasteiger partial charge in [0.05, 0.1) is 10.4 Å². The van der Waals surface area contributed by atoms with Crippen LogP contribution < -0.4 is 11.1 Å². The normalized spacial score (nSPS) is 14.7. The molecule has 0 aliphatic carbocycles. The number of benzene rings is 1. The molecule has 0 spiro atoms. The number of hydrogen-bond donors (Lipinski definition) is 2. The van der Waals surface area contributed by atoms with E-state index in [-0.39, 0.29) is 5.91 Å². The third-order valence-electron chi connectivity index (χ3n) is 4.69. The Labute approximate surface area is 176 Å². The fourth-order valence-corrected chi connectivity index (χ4v) is 4.68. The Morgan fingerprint density at radius 1 is 1.07 bits per heavy atom. The lowest BCUT2D eigenvalue weighted by molar-refractivity contribution is 0.0664. The summed E-state index contributed by atoms with van der Waals surface area (Å²) in [5, 5.41) is 14.6. The molecule has 2 aromatic heterocycles. The standard InChI is InChI=1S/C19H20N6O2S2/c1-24-6-8-25(9-7-24)18(27)12-2-4-14(5-3-12)21-19-23-22-17(29-19)15-10-13(11-28-15)16(20)26/h2-5,10-11H,6-9H2,1H3,(H2,20,26)(H,21,23). The molecule has 0 unspecified atom stereocenters. The van der Waals surface area contributed by atoms with E-state index in [4.69, 9.17) is 5.73 Å². The molecular formula is C19H20N6O2S2. The third kappa shape index (κ3) is 4.44. The molecule has 8 nitrogen and oxygen atoms in total. The zero-order valence-electron chi connectivity index (χ0n) is 15.8. The summed E-state index contributed by atoms with van der Waals surface area (Å²) >= 11 is 2.79. The molecular weight excluding hydrogens is 408 g/mol. The number of nitrogens with one attached hydrogen (secondary N) is 1. The van der Waals surface area contributed by atoms with E-state index in [0.29, 0.717) is 21.3 Å². The molecule has 3 heterocycles. The minimum absolute atomic E-state index is 0.0609. The minimum Gasteiger partial charge on any atom is -0.366 e. The van der Waals surface area contributed by atoms with E-state index >= 15 is 0 Å². The van der Waals surface area contributed by atoms with Crippen LogP contribution in [0.5, 0.6) is 0 Å². The average Bonchev–Trinajstić information content (AvgIpc) is 3.38. The quantitative estimate of drug-likeness (QED) is 0.647. The van der Waals surface area contributed by atoms with Gasteiger partial charge in [0.25, 0.3) is 5.91 Å². The summed E-state index contributed by atoms with van der Waals surface area (Å²) in [6.45, 7) is 3.30. The number of amides is 2. The van der Waals surface area contributed by atoms with Gasteiger partial charge >= 0.3 is 0 Å². The summed E-state index contributed by atoms with van der Waals surface area (Å²) in [5.41, 5.74) is 7.26. The summed E-state index contributed by atoms with van der Waals surface area (Å²) in [4.78, 5) is 28.8. The number of thiophene rings is 1. The van der Waals surface area contributed by atoms with Crippen LogP contribution in [-0.2, 0) is 0 Å². The van der Waals surface area contributed by atoms with Crippen LogP contribution in [0.1, 0.15) is 20.7 Å². The summed E-state index contributed by atoms with van der Waals surface area (Å²) in [6, 6.07) is 9.09. The number of carbonyl (C=O) groups is 2. The van der Waals surface area contributed by atoms with Gasteiger partial charge in [-0.3, -0.25) is 9.59 Å². The predicted molar refractivity (Wildman–Crippen MR) is 115 cm³/mol. The van der Waals surface area contributed by atoms with Crippen molar-refractivity contribution in [2.24, 2.45) is 5.73 Å². The molecule has 3 aromatic rings. The van der Waals surface area contributed by atoms with Gasteiger partial charge in [0.1, 0.15) is 0 Å². The smallest absolute Gasteiger partial charge is 0.253 e. The van der Waals surface area contributed by atoms with Crippen molar-refractivity contribution in [3.05, 3.63) is 46.8 Å². The Balaban J connectivity index is 1.40. The molecule has 4 rings (SSSR count). The van der Waals surface area contributed by atoms with Crippen LogP contribution in [0, 0.1) is 0 Å². The predicted octanol–water partition coefficient (Wildman–Crippen LogP) is 2.50. The van der Waals surface area contributed by atoms with Gasteiger partial charge in [-0.25, -0.2) is 0 Å². The first-order valence-corrected chi connectivity index (χ1v) is 10.8. The van der Waals surface area contributed by atoms with Gasteiger partial charge in [0, 0.05) is 42.8 Å². The number of likely N-dealkylation sites (N-methyl/N-ethyl adjacent to an activating group) is 1. The first-order valence-electron chi connectivity index (χ1n) is 9.07. The summed E-state index contributed by atoms with van der Waals surface area (Å²) in [6.07, 6.45) is 0. The van der Waals surface area contributed by atoms with E-state index in [1.165, 1.54) is 22.7 Å². The highest BCUT2D eigenvalue weighted by molar-refractivity contribution is 7.23. The van der Waals surface area contributed by atoms with Crippen molar-refractivity contribution in [3.8, 4) is 9.88 Å². The van der Waals surface area contributed by atoms with E-state index in [1.54, 1.807) is 11.4 Å². The summed E-state index contributed by atoms with van der Waals surface area (Å²) in [5.74, 6) is -0.396. The monoisotopic (exact) mass is 428 g/mol. The maximum Gasteiger partial charge on any atom is 0.253 e. The lowest BCUT2D eigenvalue weighted by atomic mass is 10.1. The maximum absolute atomic E-state index is 12.6. The molecule has 10 heteroatoms. The second-order valence-electron chi connectivity index (χ2n) is 6.77. The van der Waals surface area contributed by atoms with Crippen LogP contribution >= 0.6 is 22.7 Å². The van der Waals surface area contributed by atoms with Gasteiger partial charge in [0.15, 0.2) is 5.01 Å². The average molecular weight is 429 g/mol. The highest BCUT2D eigenvalue weighted by Crippen LogP contribution is 2.32. The van der Waals surface area contributed by atoms with Gasteiger partial charge in [-0.15, -0.1) is 21.5 Å². The van der Waals surface area contributed by atoms with Crippen LogP contribution in [0.2, 0.25) is 0 Å². The number of rotatable bonds is 5. The lowest BCUT2D eigenvalue weighted by Gasteiger charge is -2.32. The maximum atomic E-state index is 12.6. The molecule has 1 saturated heterocycles. The molecule has 29 heavy (non-hydrogen) atoms. The first kappa shape index (κ1) is 19.5. The lowest BCUT2D eigenvalue weighted by Crippen LogP contribution is -2.47. The van der Waals surface area contributed by atoms with Crippen molar-refractivity contribution < 1.29 is 9.59 Å². The van der Waals surface area contributed by atoms with E-state index in [0.717, 1.165) is 36.7 Å². The van der Waals surface area contributed by atoms with Gasteiger partial charge < -0.3 is 20.9 Å². The van der Waals surface area contributed by atoms with Crippen LogP contribution in [-0.4, -0.2) is 65.0 Å². The molecule has 0 saturated carbocycles. The molecule has 1 aromatic carbocycles. The van der Waals surface area contributed by atoms with Crippen LogP contribution in [0.25, 0.3) is 9.88 Å². The number of nitrogens with zero attached hydrogens (tertiary/aromatic N) is 4.